The van der Waals surface area contributed by atoms with Gasteiger partial charge in [-0.15, -0.1) is 0 Å². The van der Waals surface area contributed by atoms with Gasteiger partial charge in [-0.3, -0.25) is 9.59 Å². The third kappa shape index (κ3) is 8.60. The Morgan fingerprint density at radius 2 is 1.66 bits per heavy atom. The van der Waals surface area contributed by atoms with E-state index in [1.54, 1.807) is 0 Å². The van der Waals surface area contributed by atoms with E-state index in [1.807, 2.05) is 30.3 Å². The topological polar surface area (TPSA) is 106 Å². The van der Waals surface area contributed by atoms with Gasteiger partial charge in [0.25, 0.3) is 0 Å². The molecule has 0 spiro atoms. The first kappa shape index (κ1) is 27.1. The first-order valence-electron chi connectivity index (χ1n) is 12.4. The van der Waals surface area contributed by atoms with Crippen molar-refractivity contribution in [3.8, 4) is 0 Å². The number of halogens is 2. The van der Waals surface area contributed by atoms with Gasteiger partial charge in [0.05, 0.1) is 0 Å². The number of carbonyl (C=O) groups excluding carboxylic acids is 2. The summed E-state index contributed by atoms with van der Waals surface area (Å²) >= 11 is 0. The molecule has 7 heteroatoms. The van der Waals surface area contributed by atoms with Crippen LogP contribution in [0.4, 0.5) is 8.78 Å². The largest absolute Gasteiger partial charge is 0.384 e. The summed E-state index contributed by atoms with van der Waals surface area (Å²) in [5.41, 5.74) is 13.3. The van der Waals surface area contributed by atoms with E-state index in [9.17, 15) is 23.5 Å². The van der Waals surface area contributed by atoms with E-state index in [0.717, 1.165) is 49.4 Å². The van der Waals surface area contributed by atoms with Crippen molar-refractivity contribution in [2.24, 2.45) is 23.3 Å². The number of hydrogen-bond donors (Lipinski definition) is 3. The fourth-order valence-corrected chi connectivity index (χ4v) is 5.17. The van der Waals surface area contributed by atoms with E-state index in [0.29, 0.717) is 12.8 Å². The van der Waals surface area contributed by atoms with Crippen LogP contribution in [0.2, 0.25) is 0 Å². The molecule has 5 unspecified atom stereocenters. The highest BCUT2D eigenvalue weighted by molar-refractivity contribution is 5.84. The molecule has 1 saturated carbocycles. The standard InChI is InChI=1S/C28H36F2N2O3/c29-22-9-10-25(30)21(15-22)16-23(31)17-24(33)12-19-7-4-8-20(11-19)14-27(34)28(35)26(32)13-18-5-2-1-3-6-18/h1-3,5-6,9-10,15,19-20,23,26,28,35H,4,7-8,11-14,16-17,31-32H2. The number of carbonyl (C=O) groups is 2. The molecule has 0 bridgehead atoms. The molecule has 5 atom stereocenters. The quantitative estimate of drug-likeness (QED) is 0.422. The maximum absolute atomic E-state index is 13.8. The van der Waals surface area contributed by atoms with Crippen LogP contribution in [-0.2, 0) is 22.4 Å². The summed E-state index contributed by atoms with van der Waals surface area (Å²) in [5, 5.41) is 10.5. The minimum Gasteiger partial charge on any atom is -0.384 e. The lowest BCUT2D eigenvalue weighted by Crippen LogP contribution is -2.42. The van der Waals surface area contributed by atoms with Crippen LogP contribution in [-0.4, -0.2) is 34.9 Å². The summed E-state index contributed by atoms with van der Waals surface area (Å²) in [6.07, 6.45) is 3.48. The van der Waals surface area contributed by atoms with Gasteiger partial charge in [0.15, 0.2) is 5.78 Å². The Bertz CT molecular complexity index is 985. The van der Waals surface area contributed by atoms with Gasteiger partial charge in [0, 0.05) is 31.3 Å². The van der Waals surface area contributed by atoms with E-state index in [4.69, 9.17) is 11.5 Å². The van der Waals surface area contributed by atoms with Crippen LogP contribution >= 0.6 is 0 Å². The van der Waals surface area contributed by atoms with Gasteiger partial charge in [-0.05, 0) is 60.4 Å². The Labute approximate surface area is 205 Å². The van der Waals surface area contributed by atoms with Crippen LogP contribution in [0.5, 0.6) is 0 Å². The molecule has 5 N–H and O–H groups in total. The summed E-state index contributed by atoms with van der Waals surface area (Å²) in [6.45, 7) is 0. The number of ketones is 2. The van der Waals surface area contributed by atoms with E-state index >= 15 is 0 Å². The Morgan fingerprint density at radius 3 is 2.37 bits per heavy atom. The number of hydrogen-bond acceptors (Lipinski definition) is 5. The first-order valence-corrected chi connectivity index (χ1v) is 12.4. The molecule has 35 heavy (non-hydrogen) atoms. The highest BCUT2D eigenvalue weighted by Crippen LogP contribution is 2.34. The van der Waals surface area contributed by atoms with Gasteiger partial charge in [0.2, 0.25) is 0 Å². The van der Waals surface area contributed by atoms with Crippen molar-refractivity contribution in [3.63, 3.8) is 0 Å². The first-order chi connectivity index (χ1) is 16.7. The minimum atomic E-state index is -1.21. The van der Waals surface area contributed by atoms with E-state index < -0.39 is 29.8 Å². The molecule has 2 aromatic carbocycles. The van der Waals surface area contributed by atoms with Crippen molar-refractivity contribution in [2.75, 3.05) is 0 Å². The van der Waals surface area contributed by atoms with Gasteiger partial charge >= 0.3 is 0 Å². The van der Waals surface area contributed by atoms with Crippen molar-refractivity contribution in [1.82, 2.24) is 0 Å². The van der Waals surface area contributed by atoms with Crippen molar-refractivity contribution in [1.29, 1.82) is 0 Å². The van der Waals surface area contributed by atoms with Gasteiger partial charge in [-0.25, -0.2) is 8.78 Å². The average molecular weight is 487 g/mol. The van der Waals surface area contributed by atoms with Crippen molar-refractivity contribution >= 4 is 11.6 Å². The summed E-state index contributed by atoms with van der Waals surface area (Å²) in [7, 11) is 0. The third-order valence-corrected chi connectivity index (χ3v) is 6.93. The van der Waals surface area contributed by atoms with Crippen LogP contribution in [0.15, 0.2) is 48.5 Å². The number of benzene rings is 2. The molecular weight excluding hydrogens is 450 g/mol. The summed E-state index contributed by atoms with van der Waals surface area (Å²) in [6, 6.07) is 11.5. The molecule has 0 saturated heterocycles. The van der Waals surface area contributed by atoms with Crippen LogP contribution < -0.4 is 11.5 Å². The number of Topliss-reactive ketones (excluding diaryl/α,β-unsaturated/α-hetero) is 2. The van der Waals surface area contributed by atoms with Gasteiger partial charge in [0.1, 0.15) is 23.5 Å². The highest BCUT2D eigenvalue weighted by Gasteiger charge is 2.30. The van der Waals surface area contributed by atoms with Crippen LogP contribution in [0.3, 0.4) is 0 Å². The molecule has 0 amide bonds. The number of nitrogens with two attached hydrogens (primary N) is 2. The summed E-state index contributed by atoms with van der Waals surface area (Å²) in [4.78, 5) is 25.3. The monoisotopic (exact) mass is 486 g/mol. The van der Waals surface area contributed by atoms with Crippen LogP contribution in [0.25, 0.3) is 0 Å². The molecule has 1 fully saturated rings. The molecule has 0 aromatic heterocycles. The molecular formula is C28H36F2N2O3. The number of aliphatic hydroxyl groups is 1. The van der Waals surface area contributed by atoms with Crippen LogP contribution in [0.1, 0.15) is 56.1 Å². The summed E-state index contributed by atoms with van der Waals surface area (Å²) < 4.78 is 27.2. The SMILES string of the molecule is NC(CC(=O)CC1CCCC(CC(=O)C(O)C(N)Cc2ccccc2)C1)Cc1cc(F)ccc1F. The average Bonchev–Trinajstić information content (AvgIpc) is 2.81. The Kier molecular flexibility index (Phi) is 10.1. The fraction of sp³-hybridized carbons (Fsp3) is 0.500. The lowest BCUT2D eigenvalue weighted by Gasteiger charge is -2.29. The molecule has 1 aliphatic carbocycles. The molecule has 3 rings (SSSR count). The molecule has 0 aliphatic heterocycles. The second-order valence-corrected chi connectivity index (χ2v) is 10.0. The van der Waals surface area contributed by atoms with Gasteiger partial charge in [-0.2, -0.15) is 0 Å². The molecule has 5 nitrogen and oxygen atoms in total. The van der Waals surface area contributed by atoms with Crippen LogP contribution in [0, 0.1) is 23.5 Å². The fourth-order valence-electron chi connectivity index (χ4n) is 5.17. The van der Waals surface area contributed by atoms with E-state index in [-0.39, 0.29) is 48.2 Å². The number of rotatable bonds is 12. The molecule has 0 radical (unpaired) electrons. The van der Waals surface area contributed by atoms with E-state index in [1.165, 1.54) is 0 Å². The maximum Gasteiger partial charge on any atom is 0.163 e. The molecule has 0 heterocycles. The van der Waals surface area contributed by atoms with Gasteiger partial charge in [-0.1, -0.05) is 49.6 Å². The second kappa shape index (κ2) is 13.0. The lowest BCUT2D eigenvalue weighted by atomic mass is 9.76. The maximum atomic E-state index is 13.8. The predicted molar refractivity (Wildman–Crippen MR) is 131 cm³/mol. The lowest BCUT2D eigenvalue weighted by molar-refractivity contribution is -0.129. The molecule has 190 valence electrons. The zero-order valence-corrected chi connectivity index (χ0v) is 20.0. The van der Waals surface area contributed by atoms with Gasteiger partial charge < -0.3 is 16.6 Å². The zero-order chi connectivity index (χ0) is 25.4. The highest BCUT2D eigenvalue weighted by atomic mass is 19.1. The van der Waals surface area contributed by atoms with Crippen molar-refractivity contribution in [3.05, 3.63) is 71.3 Å². The summed E-state index contributed by atoms with van der Waals surface area (Å²) in [5.74, 6) is -1.04. The third-order valence-electron chi connectivity index (χ3n) is 6.93. The second-order valence-electron chi connectivity index (χ2n) is 10.0. The smallest absolute Gasteiger partial charge is 0.163 e. The Balaban J connectivity index is 1.43. The Hall–Kier alpha value is -2.48. The molecule has 2 aromatic rings. The van der Waals surface area contributed by atoms with Crippen molar-refractivity contribution < 1.29 is 23.5 Å². The van der Waals surface area contributed by atoms with Crippen molar-refractivity contribution in [2.45, 2.75) is 76.0 Å². The molecule has 1 aliphatic rings. The Morgan fingerprint density at radius 1 is 0.971 bits per heavy atom. The predicted octanol–water partition coefficient (Wildman–Crippen LogP) is 3.88. The normalized spacial score (nSPS) is 20.7. The zero-order valence-electron chi connectivity index (χ0n) is 20.0. The number of aliphatic hydroxyl groups excluding tert-OH is 1. The van der Waals surface area contributed by atoms with E-state index in [2.05, 4.69) is 0 Å². The minimum absolute atomic E-state index is 0.00351.